The Bertz CT molecular complexity index is 856. The lowest BCUT2D eigenvalue weighted by Gasteiger charge is -2.21. The fourth-order valence-corrected chi connectivity index (χ4v) is 4.01. The lowest BCUT2D eigenvalue weighted by atomic mass is 9.86. The number of aliphatic hydroxyl groups excluding tert-OH is 1. The van der Waals surface area contributed by atoms with Crippen LogP contribution in [-0.4, -0.2) is 23.8 Å². The minimum absolute atomic E-state index is 0.221. The van der Waals surface area contributed by atoms with Gasteiger partial charge < -0.3 is 10.4 Å². The minimum atomic E-state index is -1.10. The topological polar surface area (TPSA) is 61.4 Å². The van der Waals surface area contributed by atoms with Crippen molar-refractivity contribution in [3.63, 3.8) is 0 Å². The average Bonchev–Trinajstić information content (AvgIpc) is 3.24. The maximum Gasteiger partial charge on any atom is 0.232 e. The van der Waals surface area contributed by atoms with E-state index in [0.717, 1.165) is 30.9 Å². The van der Waals surface area contributed by atoms with Crippen LogP contribution in [0.1, 0.15) is 29.0 Å². The molecule has 1 unspecified atom stereocenters. The predicted molar refractivity (Wildman–Crippen MR) is 93.7 cm³/mol. The molecule has 1 aliphatic carbocycles. The van der Waals surface area contributed by atoms with Gasteiger partial charge >= 0.3 is 0 Å². The van der Waals surface area contributed by atoms with E-state index in [1.54, 1.807) is 0 Å². The number of hydrogen-bond donors (Lipinski definition) is 3. The number of amides is 1. The number of anilines is 1. The van der Waals surface area contributed by atoms with Gasteiger partial charge in [-0.3, -0.25) is 10.1 Å². The molecular weight excluding hydrogens is 338 g/mol. The monoisotopic (exact) mass is 358 g/mol. The van der Waals surface area contributed by atoms with Crippen LogP contribution < -0.4 is 10.6 Å². The van der Waals surface area contributed by atoms with Gasteiger partial charge in [0.2, 0.25) is 5.91 Å². The van der Waals surface area contributed by atoms with E-state index in [0.29, 0.717) is 6.54 Å². The Morgan fingerprint density at radius 3 is 2.81 bits per heavy atom. The highest BCUT2D eigenvalue weighted by Gasteiger charge is 2.41. The van der Waals surface area contributed by atoms with E-state index in [-0.39, 0.29) is 11.6 Å². The summed E-state index contributed by atoms with van der Waals surface area (Å²) in [5, 5.41) is 15.6. The third kappa shape index (κ3) is 2.99. The summed E-state index contributed by atoms with van der Waals surface area (Å²) in [6, 6.07) is 9.81. The molecule has 2 aromatic carbocycles. The van der Waals surface area contributed by atoms with E-state index in [2.05, 4.69) is 22.8 Å². The van der Waals surface area contributed by atoms with Gasteiger partial charge in [0.25, 0.3) is 0 Å². The summed E-state index contributed by atoms with van der Waals surface area (Å²) in [7, 11) is 0. The summed E-state index contributed by atoms with van der Waals surface area (Å²) >= 11 is 0. The molecule has 1 saturated heterocycles. The number of benzene rings is 2. The second-order valence-corrected chi connectivity index (χ2v) is 6.96. The number of hydrogen-bond acceptors (Lipinski definition) is 3. The molecule has 1 fully saturated rings. The second-order valence-electron chi connectivity index (χ2n) is 6.96. The maximum absolute atomic E-state index is 13.8. The minimum Gasteiger partial charge on any atom is -0.378 e. The van der Waals surface area contributed by atoms with Crippen molar-refractivity contribution in [3.8, 4) is 0 Å². The molecule has 4 rings (SSSR count). The van der Waals surface area contributed by atoms with E-state index < -0.39 is 29.7 Å². The Morgan fingerprint density at radius 1 is 1.15 bits per heavy atom. The summed E-state index contributed by atoms with van der Waals surface area (Å²) in [4.78, 5) is 12.7. The largest absolute Gasteiger partial charge is 0.378 e. The zero-order valence-corrected chi connectivity index (χ0v) is 14.1. The molecule has 6 heteroatoms. The number of aliphatic hydroxyl groups is 1. The Labute approximate surface area is 150 Å². The van der Waals surface area contributed by atoms with E-state index >= 15 is 0 Å². The molecular formula is C20H20F2N2O2. The molecule has 1 amide bonds. The van der Waals surface area contributed by atoms with Crippen LogP contribution in [0.3, 0.4) is 0 Å². The van der Waals surface area contributed by atoms with E-state index in [1.807, 2.05) is 6.07 Å². The van der Waals surface area contributed by atoms with Crippen LogP contribution in [0.5, 0.6) is 0 Å². The van der Waals surface area contributed by atoms with Crippen molar-refractivity contribution in [3.05, 3.63) is 64.7 Å². The summed E-state index contributed by atoms with van der Waals surface area (Å²) in [6.45, 7) is 0.448. The first-order valence-electron chi connectivity index (χ1n) is 8.82. The molecule has 2 aromatic rings. The number of nitrogens with one attached hydrogen (secondary N) is 2. The van der Waals surface area contributed by atoms with E-state index in [1.165, 1.54) is 23.3 Å². The molecule has 0 bridgehead atoms. The number of carbonyl (C=O) groups is 1. The molecule has 26 heavy (non-hydrogen) atoms. The average molecular weight is 358 g/mol. The third-order valence-electron chi connectivity index (χ3n) is 5.38. The number of aryl methyl sites for hydroxylation is 2. The summed E-state index contributed by atoms with van der Waals surface area (Å²) in [5.41, 5.74) is 3.39. The Kier molecular flexibility index (Phi) is 4.46. The highest BCUT2D eigenvalue weighted by molar-refractivity contribution is 5.94. The summed E-state index contributed by atoms with van der Waals surface area (Å²) < 4.78 is 27.2. The first-order valence-corrected chi connectivity index (χ1v) is 8.82. The highest BCUT2D eigenvalue weighted by Crippen LogP contribution is 2.35. The Balaban J connectivity index is 1.59. The lowest BCUT2D eigenvalue weighted by Crippen LogP contribution is -2.36. The van der Waals surface area contributed by atoms with Crippen molar-refractivity contribution >= 4 is 11.6 Å². The van der Waals surface area contributed by atoms with Gasteiger partial charge in [-0.05, 0) is 48.1 Å². The first-order chi connectivity index (χ1) is 12.5. The summed E-state index contributed by atoms with van der Waals surface area (Å²) in [5.74, 6) is -3.67. The normalized spacial score (nSPS) is 24.5. The smallest absolute Gasteiger partial charge is 0.232 e. The first kappa shape index (κ1) is 17.1. The predicted octanol–water partition coefficient (Wildman–Crippen LogP) is 2.71. The van der Waals surface area contributed by atoms with Crippen molar-refractivity contribution in [2.45, 2.75) is 31.4 Å². The Hall–Kier alpha value is -2.31. The lowest BCUT2D eigenvalue weighted by molar-refractivity contribution is -0.123. The molecule has 0 spiro atoms. The van der Waals surface area contributed by atoms with Gasteiger partial charge in [0.15, 0.2) is 11.6 Å². The van der Waals surface area contributed by atoms with E-state index in [4.69, 9.17) is 0 Å². The van der Waals surface area contributed by atoms with Gasteiger partial charge in [-0.25, -0.2) is 8.78 Å². The van der Waals surface area contributed by atoms with Crippen molar-refractivity contribution in [1.82, 2.24) is 5.32 Å². The zero-order chi connectivity index (χ0) is 18.3. The molecule has 1 heterocycles. The van der Waals surface area contributed by atoms with Gasteiger partial charge in [0.05, 0.1) is 11.6 Å². The third-order valence-corrected chi connectivity index (χ3v) is 5.38. The molecule has 2 aliphatic rings. The SMILES string of the molecule is O=C(Nc1cccc(F)c1F)[C@H]1C(O)NC[C@@H]1c1ccc2c(c1)CCC2. The van der Waals surface area contributed by atoms with Crippen molar-refractivity contribution < 1.29 is 18.7 Å². The molecule has 3 atom stereocenters. The van der Waals surface area contributed by atoms with Crippen LogP contribution in [0, 0.1) is 17.6 Å². The number of halogens is 2. The van der Waals surface area contributed by atoms with Gasteiger partial charge in [0.1, 0.15) is 6.23 Å². The van der Waals surface area contributed by atoms with Gasteiger partial charge in [-0.2, -0.15) is 0 Å². The van der Waals surface area contributed by atoms with Crippen LogP contribution in [0.25, 0.3) is 0 Å². The van der Waals surface area contributed by atoms with Crippen LogP contribution in [-0.2, 0) is 17.6 Å². The van der Waals surface area contributed by atoms with E-state index in [9.17, 15) is 18.7 Å². The van der Waals surface area contributed by atoms with Crippen molar-refractivity contribution in [1.29, 1.82) is 0 Å². The molecule has 0 aromatic heterocycles. The zero-order valence-electron chi connectivity index (χ0n) is 14.1. The standard InChI is InChI=1S/C20H20F2N2O2/c21-15-5-2-6-16(18(15)22)24-20(26)17-14(10-23-19(17)25)13-8-7-11-3-1-4-12(11)9-13/h2,5-9,14,17,19,23,25H,1,3-4,10H2,(H,24,26)/t14-,17-,19?/m1/s1. The van der Waals surface area contributed by atoms with Crippen molar-refractivity contribution in [2.75, 3.05) is 11.9 Å². The van der Waals surface area contributed by atoms with Crippen LogP contribution in [0.4, 0.5) is 14.5 Å². The number of carbonyl (C=O) groups excluding carboxylic acids is 1. The van der Waals surface area contributed by atoms with Gasteiger partial charge in [-0.1, -0.05) is 24.3 Å². The Morgan fingerprint density at radius 2 is 1.96 bits per heavy atom. The molecule has 4 nitrogen and oxygen atoms in total. The number of fused-ring (bicyclic) bond motifs is 1. The summed E-state index contributed by atoms with van der Waals surface area (Å²) in [6.07, 6.45) is 2.19. The highest BCUT2D eigenvalue weighted by atomic mass is 19.2. The number of rotatable bonds is 3. The van der Waals surface area contributed by atoms with Gasteiger partial charge in [-0.15, -0.1) is 0 Å². The second kappa shape index (κ2) is 6.78. The van der Waals surface area contributed by atoms with Crippen molar-refractivity contribution in [2.24, 2.45) is 5.92 Å². The van der Waals surface area contributed by atoms with Gasteiger partial charge in [0, 0.05) is 12.5 Å². The fourth-order valence-electron chi connectivity index (χ4n) is 4.01. The molecule has 136 valence electrons. The molecule has 1 aliphatic heterocycles. The quantitative estimate of drug-likeness (QED) is 0.791. The fraction of sp³-hybridized carbons (Fsp3) is 0.350. The van der Waals surface area contributed by atoms with Crippen LogP contribution >= 0.6 is 0 Å². The molecule has 0 saturated carbocycles. The van der Waals surface area contributed by atoms with Crippen LogP contribution in [0.2, 0.25) is 0 Å². The molecule has 0 radical (unpaired) electrons. The molecule has 3 N–H and O–H groups in total. The maximum atomic E-state index is 13.8. The van der Waals surface area contributed by atoms with Crippen LogP contribution in [0.15, 0.2) is 36.4 Å².